The summed E-state index contributed by atoms with van der Waals surface area (Å²) in [6.45, 7) is 3.72. The summed E-state index contributed by atoms with van der Waals surface area (Å²) in [5.74, 6) is 1.43. The largest absolute Gasteiger partial charge is 0.267 e. The molecule has 0 amide bonds. The fourth-order valence-corrected chi connectivity index (χ4v) is 3.50. The van der Waals surface area contributed by atoms with Crippen molar-refractivity contribution >= 4 is 15.8 Å². The van der Waals surface area contributed by atoms with Crippen LogP contribution >= 0.6 is 0 Å². The molecule has 22 heavy (non-hydrogen) atoms. The summed E-state index contributed by atoms with van der Waals surface area (Å²) in [6, 6.07) is 3.46. The minimum atomic E-state index is -3.38. The van der Waals surface area contributed by atoms with Gasteiger partial charge in [-0.1, -0.05) is 12.8 Å². The molecule has 1 aliphatic carbocycles. The van der Waals surface area contributed by atoms with E-state index in [1.165, 1.54) is 10.9 Å². The molecule has 0 bridgehead atoms. The molecule has 2 aromatic heterocycles. The van der Waals surface area contributed by atoms with Crippen molar-refractivity contribution < 1.29 is 8.42 Å². The molecule has 118 valence electrons. The lowest BCUT2D eigenvalue weighted by molar-refractivity contribution is 0.595. The molecular formula is C14H19N5O2S. The molecule has 0 aromatic carbocycles. The van der Waals surface area contributed by atoms with Gasteiger partial charge >= 0.3 is 0 Å². The Hall–Kier alpha value is -1.96. The van der Waals surface area contributed by atoms with Crippen LogP contribution in [0.25, 0.3) is 5.95 Å². The molecule has 0 unspecified atom stereocenters. The van der Waals surface area contributed by atoms with Crippen LogP contribution in [0.2, 0.25) is 0 Å². The highest BCUT2D eigenvalue weighted by atomic mass is 32.2. The van der Waals surface area contributed by atoms with Crippen LogP contribution < -0.4 is 4.72 Å². The van der Waals surface area contributed by atoms with Gasteiger partial charge < -0.3 is 0 Å². The van der Waals surface area contributed by atoms with Gasteiger partial charge in [0.2, 0.25) is 10.0 Å². The Morgan fingerprint density at radius 1 is 1.27 bits per heavy atom. The Kier molecular flexibility index (Phi) is 3.86. The van der Waals surface area contributed by atoms with Crippen LogP contribution in [0.15, 0.2) is 18.3 Å². The van der Waals surface area contributed by atoms with Gasteiger partial charge in [0.1, 0.15) is 5.82 Å². The third kappa shape index (κ3) is 3.62. The predicted molar refractivity (Wildman–Crippen MR) is 83.4 cm³/mol. The normalized spacial score (nSPS) is 15.0. The molecule has 1 fully saturated rings. The Morgan fingerprint density at radius 2 is 1.95 bits per heavy atom. The second-order valence-electron chi connectivity index (χ2n) is 5.73. The number of aromatic nitrogens is 4. The summed E-state index contributed by atoms with van der Waals surface area (Å²) in [5.41, 5.74) is 1.61. The first-order valence-corrected chi connectivity index (χ1v) is 8.95. The van der Waals surface area contributed by atoms with Gasteiger partial charge in [0.25, 0.3) is 5.95 Å². The molecule has 0 aliphatic heterocycles. The first-order chi connectivity index (χ1) is 10.4. The number of hydrogen-bond acceptors (Lipinski definition) is 5. The molecule has 0 spiro atoms. The van der Waals surface area contributed by atoms with E-state index in [1.807, 2.05) is 19.9 Å². The second kappa shape index (κ2) is 5.68. The molecular weight excluding hydrogens is 302 g/mol. The Labute approximate surface area is 129 Å². The number of anilines is 1. The van der Waals surface area contributed by atoms with Crippen molar-refractivity contribution in [2.75, 3.05) is 10.5 Å². The lowest BCUT2D eigenvalue weighted by Gasteiger charge is -2.10. The van der Waals surface area contributed by atoms with Crippen LogP contribution in [-0.2, 0) is 10.0 Å². The van der Waals surface area contributed by atoms with Crippen molar-refractivity contribution in [2.24, 2.45) is 5.92 Å². The number of rotatable bonds is 6. The van der Waals surface area contributed by atoms with Crippen molar-refractivity contribution in [3.05, 3.63) is 29.7 Å². The Bertz CT molecular complexity index is 760. The summed E-state index contributed by atoms with van der Waals surface area (Å²) in [6.07, 6.45) is 4.52. The average molecular weight is 321 g/mol. The van der Waals surface area contributed by atoms with Gasteiger partial charge in [-0.25, -0.2) is 18.4 Å². The van der Waals surface area contributed by atoms with Gasteiger partial charge in [-0.05, 0) is 32.3 Å². The lowest BCUT2D eigenvalue weighted by atomic mass is 10.3. The minimum Gasteiger partial charge on any atom is -0.267 e. The van der Waals surface area contributed by atoms with E-state index in [9.17, 15) is 8.42 Å². The van der Waals surface area contributed by atoms with Gasteiger partial charge in [-0.2, -0.15) is 9.78 Å². The van der Waals surface area contributed by atoms with Crippen LogP contribution in [0.1, 0.15) is 30.7 Å². The molecule has 0 atom stereocenters. The van der Waals surface area contributed by atoms with Crippen molar-refractivity contribution in [1.29, 1.82) is 0 Å². The summed E-state index contributed by atoms with van der Waals surface area (Å²) in [7, 11) is -3.38. The quantitative estimate of drug-likeness (QED) is 0.876. The number of sulfonamides is 1. The topological polar surface area (TPSA) is 89.8 Å². The van der Waals surface area contributed by atoms with E-state index >= 15 is 0 Å². The fourth-order valence-electron chi connectivity index (χ4n) is 2.28. The van der Waals surface area contributed by atoms with E-state index in [0.29, 0.717) is 24.1 Å². The fraction of sp³-hybridized carbons (Fsp3) is 0.500. The highest BCUT2D eigenvalue weighted by Gasteiger charge is 2.24. The van der Waals surface area contributed by atoms with Gasteiger partial charge in [-0.15, -0.1) is 0 Å². The van der Waals surface area contributed by atoms with E-state index < -0.39 is 10.0 Å². The number of nitrogens with zero attached hydrogens (tertiary/aromatic N) is 4. The molecule has 7 nitrogen and oxygen atoms in total. The number of hydrogen-bond donors (Lipinski definition) is 1. The van der Waals surface area contributed by atoms with E-state index in [4.69, 9.17) is 0 Å². The van der Waals surface area contributed by atoms with E-state index in [0.717, 1.165) is 24.2 Å². The maximum atomic E-state index is 12.2. The second-order valence-corrected chi connectivity index (χ2v) is 7.57. The maximum absolute atomic E-state index is 12.2. The van der Waals surface area contributed by atoms with Crippen LogP contribution in [0, 0.1) is 19.8 Å². The summed E-state index contributed by atoms with van der Waals surface area (Å²) < 4.78 is 28.3. The third-order valence-corrected chi connectivity index (χ3v) is 4.85. The van der Waals surface area contributed by atoms with E-state index in [2.05, 4.69) is 19.8 Å². The molecule has 8 heteroatoms. The van der Waals surface area contributed by atoms with Gasteiger partial charge in [-0.3, -0.25) is 4.72 Å². The Morgan fingerprint density at radius 3 is 2.59 bits per heavy atom. The SMILES string of the molecule is Cc1cc(C)nc(-n2nccc2NS(=O)(=O)CCC2CC2)n1. The molecule has 2 aromatic rings. The van der Waals surface area contributed by atoms with Crippen molar-refractivity contribution in [1.82, 2.24) is 19.7 Å². The van der Waals surface area contributed by atoms with Crippen molar-refractivity contribution in [3.8, 4) is 5.95 Å². The highest BCUT2D eigenvalue weighted by molar-refractivity contribution is 7.92. The molecule has 1 aliphatic rings. The zero-order valence-electron chi connectivity index (χ0n) is 12.7. The molecule has 3 rings (SSSR count). The third-order valence-electron chi connectivity index (χ3n) is 3.55. The van der Waals surface area contributed by atoms with Crippen LogP contribution in [-0.4, -0.2) is 33.9 Å². The predicted octanol–water partition coefficient (Wildman–Crippen LogP) is 1.82. The van der Waals surface area contributed by atoms with Gasteiger partial charge in [0, 0.05) is 17.5 Å². The number of nitrogens with one attached hydrogen (secondary N) is 1. The van der Waals surface area contributed by atoms with Crippen molar-refractivity contribution in [3.63, 3.8) is 0 Å². The van der Waals surface area contributed by atoms with Gasteiger partial charge in [0.15, 0.2) is 0 Å². The number of aryl methyl sites for hydroxylation is 2. The first kappa shape index (κ1) is 15.0. The van der Waals surface area contributed by atoms with Gasteiger partial charge in [0.05, 0.1) is 11.9 Å². The Balaban J connectivity index is 1.82. The zero-order valence-corrected chi connectivity index (χ0v) is 13.5. The lowest BCUT2D eigenvalue weighted by Crippen LogP contribution is -2.20. The standard InChI is InChI=1S/C14H19N5O2S/c1-10-9-11(2)17-14(16-10)19-13(5-7-15-19)18-22(20,21)8-6-12-3-4-12/h5,7,9,12,18H,3-4,6,8H2,1-2H3. The van der Waals surface area contributed by atoms with Crippen LogP contribution in [0.4, 0.5) is 5.82 Å². The molecule has 0 saturated heterocycles. The maximum Gasteiger partial charge on any atom is 0.252 e. The minimum absolute atomic E-state index is 0.135. The first-order valence-electron chi connectivity index (χ1n) is 7.30. The van der Waals surface area contributed by atoms with Crippen molar-refractivity contribution in [2.45, 2.75) is 33.1 Å². The monoisotopic (exact) mass is 321 g/mol. The molecule has 1 saturated carbocycles. The summed E-state index contributed by atoms with van der Waals surface area (Å²) >= 11 is 0. The van der Waals surface area contributed by atoms with Crippen LogP contribution in [0.3, 0.4) is 0 Å². The smallest absolute Gasteiger partial charge is 0.252 e. The highest BCUT2D eigenvalue weighted by Crippen LogP contribution is 2.32. The molecule has 2 heterocycles. The van der Waals surface area contributed by atoms with E-state index in [-0.39, 0.29) is 5.75 Å². The summed E-state index contributed by atoms with van der Waals surface area (Å²) in [4.78, 5) is 8.61. The summed E-state index contributed by atoms with van der Waals surface area (Å²) in [5, 5.41) is 4.13. The molecule has 0 radical (unpaired) electrons. The average Bonchev–Trinajstić information content (AvgIpc) is 3.15. The molecule has 1 N–H and O–H groups in total. The van der Waals surface area contributed by atoms with E-state index in [1.54, 1.807) is 6.07 Å². The zero-order chi connectivity index (χ0) is 15.7. The van der Waals surface area contributed by atoms with Crippen LogP contribution in [0.5, 0.6) is 0 Å².